The molecule has 0 unspecified atom stereocenters. The van der Waals surface area contributed by atoms with Gasteiger partial charge in [-0.05, 0) is 36.1 Å². The maximum atomic E-state index is 13.7. The molecule has 0 fully saturated rings. The van der Waals surface area contributed by atoms with Crippen LogP contribution in [0, 0.1) is 10.1 Å². The lowest BCUT2D eigenvalue weighted by molar-refractivity contribution is -0.385. The highest BCUT2D eigenvalue weighted by Crippen LogP contribution is 2.34. The van der Waals surface area contributed by atoms with Gasteiger partial charge in [0.05, 0.1) is 23.5 Å². The quantitative estimate of drug-likeness (QED) is 0.273. The summed E-state index contributed by atoms with van der Waals surface area (Å²) in [4.78, 5) is 16.3. The molecule has 0 aliphatic carbocycles. The molecule has 0 radical (unpaired) electrons. The summed E-state index contributed by atoms with van der Waals surface area (Å²) >= 11 is 0. The van der Waals surface area contributed by atoms with Gasteiger partial charge in [0, 0.05) is 50.7 Å². The number of nitrogens with zero attached hydrogens (tertiary/aromatic N) is 4. The predicted octanol–water partition coefficient (Wildman–Crippen LogP) is 1.93. The Labute approximate surface area is 193 Å². The molecule has 2 heterocycles. The van der Waals surface area contributed by atoms with Crippen molar-refractivity contribution in [3.63, 3.8) is 0 Å². The largest absolute Gasteiger partial charge is 0.368 e. The third-order valence-electron chi connectivity index (χ3n) is 5.25. The Morgan fingerprint density at radius 3 is 2.61 bits per heavy atom. The van der Waals surface area contributed by atoms with Crippen molar-refractivity contribution in [2.75, 3.05) is 37.4 Å². The van der Waals surface area contributed by atoms with Gasteiger partial charge in [0.25, 0.3) is 15.8 Å². The molecule has 3 rings (SSSR count). The van der Waals surface area contributed by atoms with Crippen LogP contribution in [0.5, 0.6) is 0 Å². The number of non-ortho nitro benzene ring substituents is 1. The van der Waals surface area contributed by atoms with Crippen molar-refractivity contribution in [2.45, 2.75) is 31.2 Å². The van der Waals surface area contributed by atoms with Gasteiger partial charge in [-0.15, -0.1) is 0 Å². The topological polar surface area (TPSA) is 140 Å². The van der Waals surface area contributed by atoms with Gasteiger partial charge in [0.2, 0.25) is 10.0 Å². The highest BCUT2D eigenvalue weighted by molar-refractivity contribution is 7.89. The Morgan fingerprint density at radius 2 is 1.94 bits per heavy atom. The molecule has 0 N–H and O–H groups in total. The summed E-state index contributed by atoms with van der Waals surface area (Å²) in [5.41, 5.74) is 1.71. The average molecular weight is 499 g/mol. The van der Waals surface area contributed by atoms with Crippen molar-refractivity contribution >= 4 is 31.5 Å². The minimum atomic E-state index is -4.11. The number of nitro groups is 1. The number of benzene rings is 1. The molecule has 1 aliphatic rings. The molecule has 2 aromatic rings. The second-order valence-corrected chi connectivity index (χ2v) is 11.2. The lowest BCUT2D eigenvalue weighted by Crippen LogP contribution is -2.37. The normalized spacial score (nSPS) is 14.6. The lowest BCUT2D eigenvalue weighted by Gasteiger charge is -2.31. The predicted molar refractivity (Wildman–Crippen MR) is 122 cm³/mol. The van der Waals surface area contributed by atoms with Gasteiger partial charge < -0.3 is 4.90 Å². The number of rotatable bonds is 10. The van der Waals surface area contributed by atoms with Crippen LogP contribution < -0.4 is 4.90 Å². The second kappa shape index (κ2) is 10.1. The van der Waals surface area contributed by atoms with Crippen LogP contribution in [-0.4, -0.2) is 63.5 Å². The first kappa shape index (κ1) is 25.0. The maximum absolute atomic E-state index is 13.7. The van der Waals surface area contributed by atoms with E-state index in [1.54, 1.807) is 17.3 Å². The summed E-state index contributed by atoms with van der Waals surface area (Å²) in [6.45, 7) is 2.54. The summed E-state index contributed by atoms with van der Waals surface area (Å²) in [6, 6.07) is 5.54. The summed E-state index contributed by atoms with van der Waals surface area (Å²) < 4.78 is 56.1. The molecule has 0 bridgehead atoms. The molecule has 11 nitrogen and oxygen atoms in total. The lowest BCUT2D eigenvalue weighted by atomic mass is 10.0. The Morgan fingerprint density at radius 1 is 1.18 bits per heavy atom. The Balaban J connectivity index is 2.01. The standard InChI is InChI=1S/C20H26N4O7S2/c1-3-9-22(11-12-31-32(2,27)28)19-5-4-18(24(25)26)13-20(19)33(29,30)23-10-7-16-6-8-21-14-17(16)15-23/h4-6,8,13-14H,3,7,9-12,15H2,1-2H3. The van der Waals surface area contributed by atoms with E-state index in [1.165, 1.54) is 16.4 Å². The fourth-order valence-electron chi connectivity index (χ4n) is 3.71. The zero-order chi connectivity index (χ0) is 24.2. The van der Waals surface area contributed by atoms with Crippen molar-refractivity contribution in [2.24, 2.45) is 0 Å². The van der Waals surface area contributed by atoms with Crippen LogP contribution in [0.2, 0.25) is 0 Å². The van der Waals surface area contributed by atoms with Crippen LogP contribution in [-0.2, 0) is 37.3 Å². The molecule has 13 heteroatoms. The molecular weight excluding hydrogens is 472 g/mol. The number of fused-ring (bicyclic) bond motifs is 1. The molecule has 1 aromatic heterocycles. The van der Waals surface area contributed by atoms with Crippen molar-refractivity contribution in [3.8, 4) is 0 Å². The smallest absolute Gasteiger partial charge is 0.270 e. The van der Waals surface area contributed by atoms with Gasteiger partial charge in [0.15, 0.2) is 0 Å². The molecule has 1 aliphatic heterocycles. The second-order valence-electron chi connectivity index (χ2n) is 7.66. The first-order valence-electron chi connectivity index (χ1n) is 10.3. The fourth-order valence-corrected chi connectivity index (χ4v) is 5.73. The van der Waals surface area contributed by atoms with E-state index in [1.807, 2.05) is 13.0 Å². The fraction of sp³-hybridized carbons (Fsp3) is 0.450. The van der Waals surface area contributed by atoms with E-state index in [0.29, 0.717) is 19.4 Å². The number of nitro benzene ring substituents is 1. The van der Waals surface area contributed by atoms with Gasteiger partial charge in [-0.3, -0.25) is 19.3 Å². The molecule has 0 atom stereocenters. The van der Waals surface area contributed by atoms with Gasteiger partial charge in [-0.1, -0.05) is 6.92 Å². The monoisotopic (exact) mass is 498 g/mol. The van der Waals surface area contributed by atoms with E-state index in [-0.39, 0.29) is 42.5 Å². The van der Waals surface area contributed by atoms with Crippen molar-refractivity contribution in [3.05, 3.63) is 57.9 Å². The van der Waals surface area contributed by atoms with Crippen molar-refractivity contribution in [1.82, 2.24) is 9.29 Å². The molecule has 33 heavy (non-hydrogen) atoms. The van der Waals surface area contributed by atoms with Crippen molar-refractivity contribution in [1.29, 1.82) is 0 Å². The maximum Gasteiger partial charge on any atom is 0.270 e. The van der Waals surface area contributed by atoms with Gasteiger partial charge in [-0.25, -0.2) is 8.42 Å². The zero-order valence-electron chi connectivity index (χ0n) is 18.4. The van der Waals surface area contributed by atoms with E-state index < -0.39 is 25.1 Å². The number of hydrogen-bond acceptors (Lipinski definition) is 9. The van der Waals surface area contributed by atoms with E-state index in [4.69, 9.17) is 4.18 Å². The number of pyridine rings is 1. The van der Waals surface area contributed by atoms with Crippen LogP contribution in [0.1, 0.15) is 24.5 Å². The Bertz CT molecular complexity index is 1230. The molecular formula is C20H26N4O7S2. The van der Waals surface area contributed by atoms with Crippen LogP contribution >= 0.6 is 0 Å². The van der Waals surface area contributed by atoms with E-state index >= 15 is 0 Å². The van der Waals surface area contributed by atoms with Crippen molar-refractivity contribution < 1.29 is 25.9 Å². The Kier molecular flexibility index (Phi) is 7.67. The van der Waals surface area contributed by atoms with Gasteiger partial charge >= 0.3 is 0 Å². The van der Waals surface area contributed by atoms with Crippen LogP contribution in [0.15, 0.2) is 41.6 Å². The Hall–Kier alpha value is -2.61. The summed E-state index contributed by atoms with van der Waals surface area (Å²) in [6.07, 6.45) is 5.35. The van der Waals surface area contributed by atoms with Gasteiger partial charge in [-0.2, -0.15) is 12.7 Å². The zero-order valence-corrected chi connectivity index (χ0v) is 20.0. The third-order valence-corrected chi connectivity index (χ3v) is 7.72. The number of sulfonamides is 1. The van der Waals surface area contributed by atoms with Crippen LogP contribution in [0.3, 0.4) is 0 Å². The number of hydrogen-bond donors (Lipinski definition) is 0. The summed E-state index contributed by atoms with van der Waals surface area (Å²) in [5.74, 6) is 0. The molecule has 0 saturated carbocycles. The van der Waals surface area contributed by atoms with E-state index in [9.17, 15) is 26.9 Å². The summed E-state index contributed by atoms with van der Waals surface area (Å²) in [7, 11) is -7.78. The SMILES string of the molecule is CCCN(CCOS(C)(=O)=O)c1ccc([N+](=O)[O-])cc1S(=O)(=O)N1CCc2ccncc2C1. The van der Waals surface area contributed by atoms with E-state index in [0.717, 1.165) is 23.4 Å². The average Bonchev–Trinajstić information content (AvgIpc) is 2.77. The molecule has 180 valence electrons. The molecule has 0 spiro atoms. The highest BCUT2D eigenvalue weighted by atomic mass is 32.2. The van der Waals surface area contributed by atoms with Crippen LogP contribution in [0.25, 0.3) is 0 Å². The third kappa shape index (κ3) is 6.05. The highest BCUT2D eigenvalue weighted by Gasteiger charge is 2.33. The van der Waals surface area contributed by atoms with Gasteiger partial charge in [0.1, 0.15) is 4.90 Å². The minimum absolute atomic E-state index is 0.0913. The molecule has 0 amide bonds. The van der Waals surface area contributed by atoms with E-state index in [2.05, 4.69) is 4.98 Å². The summed E-state index contributed by atoms with van der Waals surface area (Å²) in [5, 5.41) is 11.4. The minimum Gasteiger partial charge on any atom is -0.368 e. The van der Waals surface area contributed by atoms with Crippen LogP contribution in [0.4, 0.5) is 11.4 Å². The first-order chi connectivity index (χ1) is 15.5. The number of aromatic nitrogens is 1. The first-order valence-corrected chi connectivity index (χ1v) is 13.6. The number of anilines is 1. The molecule has 1 aromatic carbocycles. The molecule has 0 saturated heterocycles.